The summed E-state index contributed by atoms with van der Waals surface area (Å²) in [7, 11) is 0. The number of rotatable bonds is 4. The van der Waals surface area contributed by atoms with Gasteiger partial charge in [-0.1, -0.05) is 0 Å². The molecule has 0 bridgehead atoms. The van der Waals surface area contributed by atoms with E-state index in [1.165, 1.54) is 12.1 Å². The predicted octanol–water partition coefficient (Wildman–Crippen LogP) is 1.43. The molecule has 1 fully saturated rings. The van der Waals surface area contributed by atoms with Crippen molar-refractivity contribution in [1.82, 2.24) is 4.90 Å². The number of hydrogen-bond acceptors (Lipinski definition) is 3. The lowest BCUT2D eigenvalue weighted by atomic mass is 10.1. The summed E-state index contributed by atoms with van der Waals surface area (Å²) < 4.78 is 12.8. The number of halogens is 1. The smallest absolute Gasteiger partial charge is 0.238 e. The molecule has 1 aliphatic heterocycles. The van der Waals surface area contributed by atoms with Gasteiger partial charge in [0.05, 0.1) is 6.54 Å². The van der Waals surface area contributed by atoms with Crippen molar-refractivity contribution in [2.45, 2.75) is 19.4 Å². The third kappa shape index (κ3) is 3.75. The van der Waals surface area contributed by atoms with Gasteiger partial charge in [-0.05, 0) is 50.1 Å². The summed E-state index contributed by atoms with van der Waals surface area (Å²) >= 11 is 0. The maximum Gasteiger partial charge on any atom is 0.238 e. The molecule has 2 atom stereocenters. The number of likely N-dealkylation sites (tertiary alicyclic amines) is 1. The number of anilines is 1. The lowest BCUT2D eigenvalue weighted by molar-refractivity contribution is -0.117. The molecule has 1 heterocycles. The molecule has 3 N–H and O–H groups in total. The zero-order valence-corrected chi connectivity index (χ0v) is 11.1. The average molecular weight is 265 g/mol. The van der Waals surface area contributed by atoms with Crippen molar-refractivity contribution < 1.29 is 9.18 Å². The average Bonchev–Trinajstić information content (AvgIpc) is 2.73. The number of nitrogens with two attached hydrogens (primary N) is 1. The molecule has 0 spiro atoms. The first-order valence-corrected chi connectivity index (χ1v) is 6.58. The summed E-state index contributed by atoms with van der Waals surface area (Å²) in [4.78, 5) is 14.1. The minimum absolute atomic E-state index is 0.0730. The molecule has 2 rings (SSSR count). The van der Waals surface area contributed by atoms with Crippen LogP contribution in [0.2, 0.25) is 0 Å². The van der Waals surface area contributed by atoms with Gasteiger partial charge < -0.3 is 11.1 Å². The summed E-state index contributed by atoms with van der Waals surface area (Å²) in [6, 6.07) is 6.16. The van der Waals surface area contributed by atoms with Gasteiger partial charge in [0.2, 0.25) is 5.91 Å². The first kappa shape index (κ1) is 14.0. The lowest BCUT2D eigenvalue weighted by Gasteiger charge is -2.20. The van der Waals surface area contributed by atoms with Crippen molar-refractivity contribution in [3.05, 3.63) is 30.1 Å². The quantitative estimate of drug-likeness (QED) is 0.866. The number of hydrogen-bond donors (Lipinski definition) is 2. The Bertz CT molecular complexity index is 435. The van der Waals surface area contributed by atoms with E-state index in [0.717, 1.165) is 13.0 Å². The van der Waals surface area contributed by atoms with Crippen LogP contribution in [0.5, 0.6) is 0 Å². The molecular formula is C14H20FN3O. The Labute approximate surface area is 112 Å². The van der Waals surface area contributed by atoms with E-state index in [2.05, 4.69) is 17.1 Å². The Morgan fingerprint density at radius 1 is 1.47 bits per heavy atom. The minimum atomic E-state index is -0.308. The molecule has 1 aliphatic rings. The molecule has 1 saturated heterocycles. The van der Waals surface area contributed by atoms with Crippen LogP contribution in [0.3, 0.4) is 0 Å². The van der Waals surface area contributed by atoms with Crippen molar-refractivity contribution in [3.8, 4) is 0 Å². The second-order valence-electron chi connectivity index (χ2n) is 5.17. The predicted molar refractivity (Wildman–Crippen MR) is 73.2 cm³/mol. The second-order valence-corrected chi connectivity index (χ2v) is 5.17. The molecule has 2 unspecified atom stereocenters. The molecule has 0 radical (unpaired) electrons. The Morgan fingerprint density at radius 3 is 2.74 bits per heavy atom. The summed E-state index contributed by atoms with van der Waals surface area (Å²) in [5.41, 5.74) is 6.28. The fourth-order valence-electron chi connectivity index (χ4n) is 2.53. The first-order chi connectivity index (χ1) is 9.08. The molecule has 1 aromatic carbocycles. The van der Waals surface area contributed by atoms with E-state index in [1.807, 2.05) is 0 Å². The highest BCUT2D eigenvalue weighted by Gasteiger charge is 2.29. The Kier molecular flexibility index (Phi) is 4.50. The molecule has 4 nitrogen and oxygen atoms in total. The van der Waals surface area contributed by atoms with Crippen molar-refractivity contribution in [1.29, 1.82) is 0 Å². The van der Waals surface area contributed by atoms with Gasteiger partial charge in [-0.2, -0.15) is 0 Å². The zero-order chi connectivity index (χ0) is 13.8. The molecule has 1 amide bonds. The number of carbonyl (C=O) groups is 1. The highest BCUT2D eigenvalue weighted by atomic mass is 19.1. The van der Waals surface area contributed by atoms with Crippen LogP contribution in [-0.4, -0.2) is 36.5 Å². The molecular weight excluding hydrogens is 245 g/mol. The fraction of sp³-hybridized carbons (Fsp3) is 0.500. The lowest BCUT2D eigenvalue weighted by Crippen LogP contribution is -2.36. The highest BCUT2D eigenvalue weighted by molar-refractivity contribution is 5.92. The summed E-state index contributed by atoms with van der Waals surface area (Å²) in [6.07, 6.45) is 1.04. The topological polar surface area (TPSA) is 58.4 Å². The van der Waals surface area contributed by atoms with Gasteiger partial charge in [-0.3, -0.25) is 9.69 Å². The van der Waals surface area contributed by atoms with Crippen molar-refractivity contribution >= 4 is 11.6 Å². The Hall–Kier alpha value is -1.46. The fourth-order valence-corrected chi connectivity index (χ4v) is 2.53. The normalized spacial score (nSPS) is 23.5. The highest BCUT2D eigenvalue weighted by Crippen LogP contribution is 2.21. The van der Waals surface area contributed by atoms with Crippen LogP contribution in [0.1, 0.15) is 13.3 Å². The monoisotopic (exact) mass is 265 g/mol. The van der Waals surface area contributed by atoms with Crippen LogP contribution in [-0.2, 0) is 4.79 Å². The van der Waals surface area contributed by atoms with E-state index >= 15 is 0 Å². The molecule has 19 heavy (non-hydrogen) atoms. The van der Waals surface area contributed by atoms with Gasteiger partial charge in [0, 0.05) is 18.3 Å². The van der Waals surface area contributed by atoms with Crippen LogP contribution >= 0.6 is 0 Å². The van der Waals surface area contributed by atoms with Crippen LogP contribution in [0.4, 0.5) is 10.1 Å². The van der Waals surface area contributed by atoms with Gasteiger partial charge in [0.1, 0.15) is 5.82 Å². The second kappa shape index (κ2) is 6.12. The van der Waals surface area contributed by atoms with E-state index in [1.54, 1.807) is 12.1 Å². The van der Waals surface area contributed by atoms with Crippen molar-refractivity contribution in [2.24, 2.45) is 11.7 Å². The van der Waals surface area contributed by atoms with E-state index in [4.69, 9.17) is 5.73 Å². The van der Waals surface area contributed by atoms with Crippen molar-refractivity contribution in [2.75, 3.05) is 25.0 Å². The van der Waals surface area contributed by atoms with Crippen LogP contribution in [0, 0.1) is 11.7 Å². The van der Waals surface area contributed by atoms with Gasteiger partial charge in [0.25, 0.3) is 0 Å². The maximum absolute atomic E-state index is 12.8. The van der Waals surface area contributed by atoms with Gasteiger partial charge in [-0.25, -0.2) is 4.39 Å². The van der Waals surface area contributed by atoms with Crippen LogP contribution < -0.4 is 11.1 Å². The molecule has 0 saturated carbocycles. The largest absolute Gasteiger partial charge is 0.330 e. The Balaban J connectivity index is 1.86. The Morgan fingerprint density at radius 2 is 2.16 bits per heavy atom. The third-order valence-corrected chi connectivity index (χ3v) is 3.60. The van der Waals surface area contributed by atoms with E-state index < -0.39 is 0 Å². The van der Waals surface area contributed by atoms with E-state index in [-0.39, 0.29) is 11.7 Å². The molecule has 0 aliphatic carbocycles. The number of nitrogens with one attached hydrogen (secondary N) is 1. The number of benzene rings is 1. The third-order valence-electron chi connectivity index (χ3n) is 3.60. The van der Waals surface area contributed by atoms with Crippen LogP contribution in [0.25, 0.3) is 0 Å². The molecule has 0 aromatic heterocycles. The van der Waals surface area contributed by atoms with Crippen LogP contribution in [0.15, 0.2) is 24.3 Å². The van der Waals surface area contributed by atoms with Gasteiger partial charge in [0.15, 0.2) is 0 Å². The van der Waals surface area contributed by atoms with Gasteiger partial charge >= 0.3 is 0 Å². The SMILES string of the molecule is CC1CC(CN)CN1CC(=O)Nc1ccc(F)cc1. The maximum atomic E-state index is 12.8. The van der Waals surface area contributed by atoms with E-state index in [0.29, 0.717) is 30.7 Å². The summed E-state index contributed by atoms with van der Waals surface area (Å²) in [5.74, 6) is 0.0988. The summed E-state index contributed by atoms with van der Waals surface area (Å²) in [5, 5.41) is 2.77. The number of carbonyl (C=O) groups excluding carboxylic acids is 1. The molecule has 104 valence electrons. The van der Waals surface area contributed by atoms with Gasteiger partial charge in [-0.15, -0.1) is 0 Å². The number of amides is 1. The zero-order valence-electron chi connectivity index (χ0n) is 11.1. The number of nitrogens with zero attached hydrogens (tertiary/aromatic N) is 1. The van der Waals surface area contributed by atoms with Crippen molar-refractivity contribution in [3.63, 3.8) is 0 Å². The first-order valence-electron chi connectivity index (χ1n) is 6.58. The molecule has 1 aromatic rings. The summed E-state index contributed by atoms with van der Waals surface area (Å²) in [6.45, 7) is 4.00. The van der Waals surface area contributed by atoms with E-state index in [9.17, 15) is 9.18 Å². The standard InChI is InChI=1S/C14H20FN3O/c1-10-6-11(7-16)8-18(10)9-14(19)17-13-4-2-12(15)3-5-13/h2-5,10-11H,6-9,16H2,1H3,(H,17,19). The molecule has 5 heteroatoms. The minimum Gasteiger partial charge on any atom is -0.330 e.